The van der Waals surface area contributed by atoms with Crippen molar-refractivity contribution in [1.29, 1.82) is 0 Å². The first-order valence-corrected chi connectivity index (χ1v) is 4.92. The van der Waals surface area contributed by atoms with Gasteiger partial charge in [0.15, 0.2) is 0 Å². The van der Waals surface area contributed by atoms with Crippen LogP contribution in [0.2, 0.25) is 0 Å². The molecular weight excluding hydrogens is 216 g/mol. The van der Waals surface area contributed by atoms with Gasteiger partial charge in [-0.25, -0.2) is 4.98 Å². The van der Waals surface area contributed by atoms with Crippen LogP contribution >= 0.6 is 15.9 Å². The molecule has 1 aliphatic rings. The van der Waals surface area contributed by atoms with E-state index in [1.807, 2.05) is 6.07 Å². The van der Waals surface area contributed by atoms with Gasteiger partial charge in [-0.3, -0.25) is 0 Å². The minimum absolute atomic E-state index is 0.651. The Morgan fingerprint density at radius 1 is 1.67 bits per heavy atom. The maximum absolute atomic E-state index is 5.58. The summed E-state index contributed by atoms with van der Waals surface area (Å²) in [5.74, 6) is 1.34. The van der Waals surface area contributed by atoms with Crippen molar-refractivity contribution in [3.63, 3.8) is 0 Å². The van der Waals surface area contributed by atoms with E-state index in [1.54, 1.807) is 6.20 Å². The number of pyridine rings is 1. The van der Waals surface area contributed by atoms with Crippen LogP contribution in [0.4, 0.5) is 0 Å². The molecule has 1 aliphatic carbocycles. The van der Waals surface area contributed by atoms with Crippen LogP contribution in [0.1, 0.15) is 17.9 Å². The molecule has 0 radical (unpaired) electrons. The van der Waals surface area contributed by atoms with E-state index in [-0.39, 0.29) is 0 Å². The molecule has 0 unspecified atom stereocenters. The van der Waals surface area contributed by atoms with Gasteiger partial charge in [0.05, 0.1) is 0 Å². The molecule has 1 fully saturated rings. The molecule has 2 rings (SSSR count). The largest absolute Gasteiger partial charge is 0.330 e. The smallest absolute Gasteiger partial charge is 0.109 e. The Bertz CT molecular complexity index is 288. The molecule has 0 aromatic carbocycles. The Kier molecular flexibility index (Phi) is 2.15. The molecule has 64 valence electrons. The standard InChI is InChI=1S/C9H11BrN2/c10-9-7(2-1-3-12-9)8-4-6(8)5-11/h1-3,6,8H,4-5,11H2/t6-,8+/m0/s1. The zero-order chi connectivity index (χ0) is 8.55. The summed E-state index contributed by atoms with van der Waals surface area (Å²) in [6, 6.07) is 4.10. The van der Waals surface area contributed by atoms with E-state index in [2.05, 4.69) is 27.0 Å². The lowest BCUT2D eigenvalue weighted by atomic mass is 10.1. The minimum Gasteiger partial charge on any atom is -0.330 e. The molecular formula is C9H11BrN2. The normalized spacial score (nSPS) is 27.2. The average Bonchev–Trinajstić information content (AvgIpc) is 2.84. The molecule has 0 saturated heterocycles. The van der Waals surface area contributed by atoms with E-state index in [4.69, 9.17) is 5.73 Å². The van der Waals surface area contributed by atoms with Crippen LogP contribution in [-0.2, 0) is 0 Å². The Labute approximate surface area is 80.3 Å². The number of nitrogens with zero attached hydrogens (tertiary/aromatic N) is 1. The summed E-state index contributed by atoms with van der Waals surface area (Å²) >= 11 is 3.44. The van der Waals surface area contributed by atoms with Crippen LogP contribution in [0, 0.1) is 5.92 Å². The molecule has 1 saturated carbocycles. The van der Waals surface area contributed by atoms with Gasteiger partial charge in [-0.2, -0.15) is 0 Å². The second kappa shape index (κ2) is 3.15. The molecule has 1 heterocycles. The first-order chi connectivity index (χ1) is 5.83. The van der Waals surface area contributed by atoms with Crippen LogP contribution in [0.5, 0.6) is 0 Å². The fraction of sp³-hybridized carbons (Fsp3) is 0.444. The quantitative estimate of drug-likeness (QED) is 0.783. The summed E-state index contributed by atoms with van der Waals surface area (Å²) in [5, 5.41) is 0. The summed E-state index contributed by atoms with van der Waals surface area (Å²) in [7, 11) is 0. The number of halogens is 1. The highest BCUT2D eigenvalue weighted by Crippen LogP contribution is 2.48. The molecule has 3 heteroatoms. The molecule has 1 aromatic heterocycles. The maximum atomic E-state index is 5.58. The van der Waals surface area contributed by atoms with Crippen molar-refractivity contribution >= 4 is 15.9 Å². The van der Waals surface area contributed by atoms with Crippen LogP contribution in [-0.4, -0.2) is 11.5 Å². The first-order valence-electron chi connectivity index (χ1n) is 4.13. The Morgan fingerprint density at radius 3 is 3.08 bits per heavy atom. The van der Waals surface area contributed by atoms with Gasteiger partial charge in [-0.1, -0.05) is 6.07 Å². The van der Waals surface area contributed by atoms with Crippen molar-refractivity contribution in [1.82, 2.24) is 4.98 Å². The predicted octanol–water partition coefficient (Wildman–Crippen LogP) is 1.91. The van der Waals surface area contributed by atoms with Gasteiger partial charge in [0.2, 0.25) is 0 Å². The summed E-state index contributed by atoms with van der Waals surface area (Å²) in [4.78, 5) is 4.18. The molecule has 12 heavy (non-hydrogen) atoms. The second-order valence-electron chi connectivity index (χ2n) is 3.22. The van der Waals surface area contributed by atoms with Crippen molar-refractivity contribution in [2.45, 2.75) is 12.3 Å². The third kappa shape index (κ3) is 1.39. The van der Waals surface area contributed by atoms with Gasteiger partial charge < -0.3 is 5.73 Å². The molecule has 1 aromatic rings. The highest BCUT2D eigenvalue weighted by molar-refractivity contribution is 9.10. The fourth-order valence-electron chi connectivity index (χ4n) is 1.56. The highest BCUT2D eigenvalue weighted by atomic mass is 79.9. The van der Waals surface area contributed by atoms with Gasteiger partial charge in [-0.05, 0) is 52.4 Å². The third-order valence-electron chi connectivity index (χ3n) is 2.41. The second-order valence-corrected chi connectivity index (χ2v) is 3.97. The van der Waals surface area contributed by atoms with Gasteiger partial charge in [0, 0.05) is 6.20 Å². The average molecular weight is 227 g/mol. The zero-order valence-electron chi connectivity index (χ0n) is 6.70. The predicted molar refractivity (Wildman–Crippen MR) is 51.8 cm³/mol. The Hall–Kier alpha value is -0.410. The Balaban J connectivity index is 2.19. The maximum Gasteiger partial charge on any atom is 0.109 e. The minimum atomic E-state index is 0.651. The highest BCUT2D eigenvalue weighted by Gasteiger charge is 2.38. The van der Waals surface area contributed by atoms with E-state index < -0.39 is 0 Å². The number of nitrogens with two attached hydrogens (primary N) is 1. The van der Waals surface area contributed by atoms with Crippen LogP contribution in [0.15, 0.2) is 22.9 Å². The SMILES string of the molecule is NC[C@@H]1C[C@H]1c1cccnc1Br. The summed E-state index contributed by atoms with van der Waals surface area (Å²) in [6.07, 6.45) is 3.02. The van der Waals surface area contributed by atoms with E-state index >= 15 is 0 Å². The summed E-state index contributed by atoms with van der Waals surface area (Å²) in [5.41, 5.74) is 6.89. The lowest BCUT2D eigenvalue weighted by Gasteiger charge is -2.00. The molecule has 2 nitrogen and oxygen atoms in total. The van der Waals surface area contributed by atoms with Crippen LogP contribution in [0.3, 0.4) is 0 Å². The number of aromatic nitrogens is 1. The third-order valence-corrected chi connectivity index (χ3v) is 3.08. The van der Waals surface area contributed by atoms with Crippen LogP contribution in [0.25, 0.3) is 0 Å². The number of hydrogen-bond acceptors (Lipinski definition) is 2. The van der Waals surface area contributed by atoms with Crippen molar-refractivity contribution in [2.24, 2.45) is 11.7 Å². The topological polar surface area (TPSA) is 38.9 Å². The molecule has 2 N–H and O–H groups in total. The van der Waals surface area contributed by atoms with Gasteiger partial charge in [-0.15, -0.1) is 0 Å². The van der Waals surface area contributed by atoms with E-state index in [0.29, 0.717) is 11.8 Å². The van der Waals surface area contributed by atoms with Crippen molar-refractivity contribution in [2.75, 3.05) is 6.54 Å². The fourth-order valence-corrected chi connectivity index (χ4v) is 2.11. The van der Waals surface area contributed by atoms with E-state index in [1.165, 1.54) is 12.0 Å². The number of hydrogen-bond donors (Lipinski definition) is 1. The van der Waals surface area contributed by atoms with Gasteiger partial charge in [0.25, 0.3) is 0 Å². The van der Waals surface area contributed by atoms with Gasteiger partial charge >= 0.3 is 0 Å². The molecule has 0 aliphatic heterocycles. The molecule has 0 spiro atoms. The Morgan fingerprint density at radius 2 is 2.50 bits per heavy atom. The monoisotopic (exact) mass is 226 g/mol. The first kappa shape index (κ1) is 8.20. The van der Waals surface area contributed by atoms with Gasteiger partial charge in [0.1, 0.15) is 4.60 Å². The summed E-state index contributed by atoms with van der Waals surface area (Å²) < 4.78 is 0.978. The van der Waals surface area contributed by atoms with Crippen molar-refractivity contribution in [3.8, 4) is 0 Å². The summed E-state index contributed by atoms with van der Waals surface area (Å²) in [6.45, 7) is 0.798. The van der Waals surface area contributed by atoms with Crippen LogP contribution < -0.4 is 5.73 Å². The number of rotatable bonds is 2. The van der Waals surface area contributed by atoms with E-state index in [9.17, 15) is 0 Å². The zero-order valence-corrected chi connectivity index (χ0v) is 8.29. The molecule has 2 atom stereocenters. The lowest BCUT2D eigenvalue weighted by Crippen LogP contribution is -2.02. The van der Waals surface area contributed by atoms with Crippen molar-refractivity contribution < 1.29 is 0 Å². The van der Waals surface area contributed by atoms with E-state index in [0.717, 1.165) is 11.1 Å². The molecule has 0 amide bonds. The van der Waals surface area contributed by atoms with Crippen molar-refractivity contribution in [3.05, 3.63) is 28.5 Å². The molecule has 0 bridgehead atoms. The lowest BCUT2D eigenvalue weighted by molar-refractivity contribution is 0.805.